The molecule has 0 amide bonds. The first-order valence-corrected chi connectivity index (χ1v) is 5.38. The van der Waals surface area contributed by atoms with Crippen molar-refractivity contribution in [3.63, 3.8) is 0 Å². The van der Waals surface area contributed by atoms with Crippen molar-refractivity contribution in [1.29, 1.82) is 0 Å². The second kappa shape index (κ2) is 4.55. The van der Waals surface area contributed by atoms with E-state index in [9.17, 15) is 0 Å². The summed E-state index contributed by atoms with van der Waals surface area (Å²) in [6.45, 7) is 1.87. The first-order valence-electron chi connectivity index (χ1n) is 4.19. The summed E-state index contributed by atoms with van der Waals surface area (Å²) in [5.41, 5.74) is 0.835. The molecule has 76 valence electrons. The Hall–Kier alpha value is -1.20. The molecule has 0 saturated heterocycles. The van der Waals surface area contributed by atoms with Crippen LogP contribution in [0.1, 0.15) is 5.69 Å². The van der Waals surface area contributed by atoms with Gasteiger partial charge in [0.15, 0.2) is 0 Å². The molecule has 6 heteroatoms. The molecular formula is C9H7ClN4S. The van der Waals surface area contributed by atoms with Crippen molar-refractivity contribution in [2.45, 2.75) is 17.0 Å². The van der Waals surface area contributed by atoms with Gasteiger partial charge >= 0.3 is 0 Å². The molecule has 2 heterocycles. The van der Waals surface area contributed by atoms with Gasteiger partial charge in [-0.25, -0.2) is 15.0 Å². The fourth-order valence-corrected chi connectivity index (χ4v) is 2.08. The Morgan fingerprint density at radius 2 is 2.07 bits per heavy atom. The minimum absolute atomic E-state index is 0.251. The highest BCUT2D eigenvalue weighted by atomic mass is 35.5. The van der Waals surface area contributed by atoms with Crippen molar-refractivity contribution in [3.05, 3.63) is 35.6 Å². The Labute approximate surface area is 96.2 Å². The Morgan fingerprint density at radius 3 is 2.73 bits per heavy atom. The lowest BCUT2D eigenvalue weighted by Gasteiger charge is -2.00. The zero-order valence-corrected chi connectivity index (χ0v) is 9.46. The first kappa shape index (κ1) is 10.3. The average molecular weight is 239 g/mol. The van der Waals surface area contributed by atoms with Crippen LogP contribution in [-0.2, 0) is 0 Å². The fourth-order valence-electron chi connectivity index (χ4n) is 1.00. The van der Waals surface area contributed by atoms with Crippen molar-refractivity contribution in [1.82, 2.24) is 19.9 Å². The predicted octanol–water partition coefficient (Wildman–Crippen LogP) is 2.38. The summed E-state index contributed by atoms with van der Waals surface area (Å²) in [5.74, 6) is 0. The van der Waals surface area contributed by atoms with E-state index in [0.717, 1.165) is 15.7 Å². The lowest BCUT2D eigenvalue weighted by molar-refractivity contribution is 0.994. The maximum atomic E-state index is 5.74. The molecule has 0 aliphatic rings. The molecule has 4 nitrogen and oxygen atoms in total. The molecule has 2 aromatic heterocycles. The van der Waals surface area contributed by atoms with Crippen LogP contribution in [0, 0.1) is 6.92 Å². The van der Waals surface area contributed by atoms with Crippen molar-refractivity contribution in [2.24, 2.45) is 0 Å². The van der Waals surface area contributed by atoms with Gasteiger partial charge in [0.05, 0.1) is 6.20 Å². The van der Waals surface area contributed by atoms with Crippen LogP contribution in [0.2, 0.25) is 5.28 Å². The zero-order chi connectivity index (χ0) is 10.7. The topological polar surface area (TPSA) is 51.6 Å². The van der Waals surface area contributed by atoms with Gasteiger partial charge < -0.3 is 0 Å². The Morgan fingerprint density at radius 1 is 1.20 bits per heavy atom. The van der Waals surface area contributed by atoms with Gasteiger partial charge in [-0.3, -0.25) is 4.98 Å². The van der Waals surface area contributed by atoms with E-state index >= 15 is 0 Å². The molecule has 0 saturated carbocycles. The number of aryl methyl sites for hydroxylation is 1. The smallest absolute Gasteiger partial charge is 0.223 e. The Kier molecular flexibility index (Phi) is 3.13. The van der Waals surface area contributed by atoms with E-state index in [1.165, 1.54) is 11.8 Å². The lowest BCUT2D eigenvalue weighted by Crippen LogP contribution is -1.89. The predicted molar refractivity (Wildman–Crippen MR) is 57.9 cm³/mol. The Balaban J connectivity index is 2.25. The summed E-state index contributed by atoms with van der Waals surface area (Å²) < 4.78 is 0. The first-order chi connectivity index (χ1) is 7.24. The highest BCUT2D eigenvalue weighted by Crippen LogP contribution is 2.24. The highest BCUT2D eigenvalue weighted by molar-refractivity contribution is 7.99. The maximum Gasteiger partial charge on any atom is 0.223 e. The lowest BCUT2D eigenvalue weighted by atomic mass is 10.5. The van der Waals surface area contributed by atoms with Crippen LogP contribution in [-0.4, -0.2) is 19.9 Å². The van der Waals surface area contributed by atoms with Crippen molar-refractivity contribution in [2.75, 3.05) is 0 Å². The molecule has 0 fully saturated rings. The third-order valence-electron chi connectivity index (χ3n) is 1.55. The van der Waals surface area contributed by atoms with Crippen LogP contribution in [0.4, 0.5) is 0 Å². The van der Waals surface area contributed by atoms with Gasteiger partial charge in [-0.1, -0.05) is 0 Å². The van der Waals surface area contributed by atoms with E-state index < -0.39 is 0 Å². The standard InChI is InChI=1S/C9H7ClN4S/c1-6-4-7(14-9(10)13-6)15-8-5-11-2-3-12-8/h2-5H,1H3. The highest BCUT2D eigenvalue weighted by Gasteiger charge is 2.03. The van der Waals surface area contributed by atoms with Crippen LogP contribution >= 0.6 is 23.4 Å². The molecule has 0 unspecified atom stereocenters. The van der Waals surface area contributed by atoms with E-state index in [1.54, 1.807) is 18.6 Å². The van der Waals surface area contributed by atoms with Crippen LogP contribution in [0.15, 0.2) is 34.7 Å². The summed E-state index contributed by atoms with van der Waals surface area (Å²) in [5, 5.41) is 1.81. The largest absolute Gasteiger partial charge is 0.260 e. The maximum absolute atomic E-state index is 5.74. The zero-order valence-electron chi connectivity index (χ0n) is 7.88. The van der Waals surface area contributed by atoms with Gasteiger partial charge in [0.25, 0.3) is 0 Å². The third kappa shape index (κ3) is 2.87. The molecular weight excluding hydrogens is 232 g/mol. The summed E-state index contributed by atoms with van der Waals surface area (Å²) >= 11 is 7.15. The van der Waals surface area contributed by atoms with Crippen molar-refractivity contribution in [3.8, 4) is 0 Å². The normalized spacial score (nSPS) is 10.3. The monoisotopic (exact) mass is 238 g/mol. The van der Waals surface area contributed by atoms with Gasteiger partial charge in [0.2, 0.25) is 5.28 Å². The number of rotatable bonds is 2. The van der Waals surface area contributed by atoms with Crippen LogP contribution in [0.5, 0.6) is 0 Å². The fraction of sp³-hybridized carbons (Fsp3) is 0.111. The van der Waals surface area contributed by atoms with Gasteiger partial charge in [0, 0.05) is 18.1 Å². The summed E-state index contributed by atoms with van der Waals surface area (Å²) in [4.78, 5) is 16.2. The van der Waals surface area contributed by atoms with Gasteiger partial charge in [-0.15, -0.1) is 0 Å². The Bertz CT molecular complexity index is 443. The molecule has 0 N–H and O–H groups in total. The molecule has 0 aromatic carbocycles. The van der Waals surface area contributed by atoms with Crippen LogP contribution < -0.4 is 0 Å². The van der Waals surface area contributed by atoms with E-state index in [2.05, 4.69) is 19.9 Å². The SMILES string of the molecule is Cc1cc(Sc2cnccn2)nc(Cl)n1. The number of aromatic nitrogens is 4. The summed E-state index contributed by atoms with van der Waals surface area (Å²) in [6, 6.07) is 1.85. The van der Waals surface area contributed by atoms with Gasteiger partial charge in [-0.2, -0.15) is 0 Å². The minimum atomic E-state index is 0.251. The number of halogens is 1. The van der Waals surface area contributed by atoms with Gasteiger partial charge in [0.1, 0.15) is 10.1 Å². The quantitative estimate of drug-likeness (QED) is 0.594. The number of hydrogen-bond acceptors (Lipinski definition) is 5. The minimum Gasteiger partial charge on any atom is -0.260 e. The third-order valence-corrected chi connectivity index (χ3v) is 2.56. The van der Waals surface area contributed by atoms with Gasteiger partial charge in [-0.05, 0) is 36.4 Å². The van der Waals surface area contributed by atoms with Crippen LogP contribution in [0.25, 0.3) is 0 Å². The van der Waals surface area contributed by atoms with Crippen LogP contribution in [0.3, 0.4) is 0 Å². The van der Waals surface area contributed by atoms with E-state index in [1.807, 2.05) is 13.0 Å². The second-order valence-electron chi connectivity index (χ2n) is 2.76. The molecule has 2 aromatic rings. The average Bonchev–Trinajstić information content (AvgIpc) is 2.17. The van der Waals surface area contributed by atoms with Crippen molar-refractivity contribution < 1.29 is 0 Å². The molecule has 2 rings (SSSR count). The molecule has 0 radical (unpaired) electrons. The molecule has 0 spiro atoms. The van der Waals surface area contributed by atoms with E-state index in [0.29, 0.717) is 0 Å². The molecule has 0 aliphatic heterocycles. The van der Waals surface area contributed by atoms with E-state index in [-0.39, 0.29) is 5.28 Å². The summed E-state index contributed by atoms with van der Waals surface area (Å²) in [6.07, 6.45) is 4.94. The summed E-state index contributed by atoms with van der Waals surface area (Å²) in [7, 11) is 0. The number of hydrogen-bond donors (Lipinski definition) is 0. The molecule has 0 aliphatic carbocycles. The molecule has 0 bridgehead atoms. The van der Waals surface area contributed by atoms with Crippen molar-refractivity contribution >= 4 is 23.4 Å². The molecule has 0 atom stereocenters. The second-order valence-corrected chi connectivity index (χ2v) is 4.14. The number of nitrogens with zero attached hydrogens (tertiary/aromatic N) is 4. The van der Waals surface area contributed by atoms with E-state index in [4.69, 9.17) is 11.6 Å². The molecule has 15 heavy (non-hydrogen) atoms.